The van der Waals surface area contributed by atoms with Crippen LogP contribution in [0.15, 0.2) is 40.3 Å². The Hall–Kier alpha value is -1.62. The van der Waals surface area contributed by atoms with Gasteiger partial charge in [-0.1, -0.05) is 62.5 Å². The number of nitrogens with zero attached hydrogens (tertiary/aromatic N) is 2. The third kappa shape index (κ3) is 4.94. The summed E-state index contributed by atoms with van der Waals surface area (Å²) >= 11 is 0. The van der Waals surface area contributed by atoms with Crippen LogP contribution in [0.2, 0.25) is 19.1 Å². The quantitative estimate of drug-likeness (QED) is 0.723. The van der Waals surface area contributed by atoms with E-state index < -0.39 is 8.07 Å². The molecule has 0 N–H and O–H groups in total. The second kappa shape index (κ2) is 8.65. The summed E-state index contributed by atoms with van der Waals surface area (Å²) in [6.07, 6.45) is 0. The van der Waals surface area contributed by atoms with Crippen LogP contribution in [0.5, 0.6) is 0 Å². The Balaban J connectivity index is 2.31. The Bertz CT molecular complexity index is 611. The van der Waals surface area contributed by atoms with E-state index in [-0.39, 0.29) is 12.1 Å². The van der Waals surface area contributed by atoms with E-state index in [1.807, 2.05) is 13.8 Å². The molecule has 1 aromatic rings. The van der Waals surface area contributed by atoms with Crippen LogP contribution in [-0.2, 0) is 9.47 Å². The van der Waals surface area contributed by atoms with Crippen molar-refractivity contribution in [2.24, 2.45) is 15.9 Å². The predicted molar refractivity (Wildman–Crippen MR) is 109 cm³/mol. The third-order valence-corrected chi connectivity index (χ3v) is 7.87. The van der Waals surface area contributed by atoms with Gasteiger partial charge in [0.25, 0.3) is 0 Å². The number of aliphatic imine (C=N–C) groups is 2. The molecule has 1 heterocycles. The standard InChI is InChI=1S/C20H32N2O2Si/c1-7-23-19-17(14-25(5,6)16-12-10-9-11-13-16)21-20(24-8-2)18(22-19)15(3)4/h9-13,15,17-18H,7-8,14H2,1-6H3/t17-,18+/m0/s1. The fourth-order valence-corrected chi connectivity index (χ4v) is 5.74. The summed E-state index contributed by atoms with van der Waals surface area (Å²) in [5.74, 6) is 1.88. The van der Waals surface area contributed by atoms with Gasteiger partial charge in [-0.3, -0.25) is 0 Å². The number of hydrogen-bond acceptors (Lipinski definition) is 4. The highest BCUT2D eigenvalue weighted by molar-refractivity contribution is 6.90. The van der Waals surface area contributed by atoms with Gasteiger partial charge < -0.3 is 9.47 Å². The molecule has 5 heteroatoms. The van der Waals surface area contributed by atoms with Crippen molar-refractivity contribution in [2.75, 3.05) is 13.2 Å². The van der Waals surface area contributed by atoms with Gasteiger partial charge in [0.2, 0.25) is 11.8 Å². The zero-order chi connectivity index (χ0) is 18.4. The van der Waals surface area contributed by atoms with E-state index in [9.17, 15) is 0 Å². The summed E-state index contributed by atoms with van der Waals surface area (Å²) in [6, 6.07) is 11.7. The van der Waals surface area contributed by atoms with Gasteiger partial charge in [0.1, 0.15) is 12.1 Å². The van der Waals surface area contributed by atoms with Crippen LogP contribution in [0.3, 0.4) is 0 Å². The third-order valence-electron chi connectivity index (χ3n) is 4.56. The molecule has 1 aliphatic rings. The second-order valence-electron chi connectivity index (χ2n) is 7.46. The SMILES string of the molecule is CCOC1=N[C@H](C(C)C)C(OCC)=N[C@H]1C[Si](C)(C)c1ccccc1. The highest BCUT2D eigenvalue weighted by Crippen LogP contribution is 2.24. The van der Waals surface area contributed by atoms with Crippen LogP contribution in [0.1, 0.15) is 27.7 Å². The van der Waals surface area contributed by atoms with Gasteiger partial charge in [-0.2, -0.15) is 0 Å². The average molecular weight is 361 g/mol. The summed E-state index contributed by atoms with van der Waals surface area (Å²) in [5.41, 5.74) is 0. The Labute approximate surface area is 153 Å². The molecule has 0 bridgehead atoms. The lowest BCUT2D eigenvalue weighted by Crippen LogP contribution is -2.47. The Morgan fingerprint density at radius 3 is 2.12 bits per heavy atom. The molecule has 0 radical (unpaired) electrons. The molecule has 0 unspecified atom stereocenters. The largest absolute Gasteiger partial charge is 0.480 e. The fourth-order valence-electron chi connectivity index (χ4n) is 3.17. The molecule has 0 amide bonds. The summed E-state index contributed by atoms with van der Waals surface area (Å²) in [5, 5.41) is 1.44. The van der Waals surface area contributed by atoms with Crippen molar-refractivity contribution in [3.63, 3.8) is 0 Å². The molecule has 0 saturated carbocycles. The van der Waals surface area contributed by atoms with E-state index in [1.165, 1.54) is 5.19 Å². The molecule has 138 valence electrons. The minimum Gasteiger partial charge on any atom is -0.480 e. The van der Waals surface area contributed by atoms with Gasteiger partial charge in [-0.15, -0.1) is 0 Å². The van der Waals surface area contributed by atoms with Crippen molar-refractivity contribution >= 4 is 25.1 Å². The zero-order valence-corrected chi connectivity index (χ0v) is 17.5. The first kappa shape index (κ1) is 19.7. The topological polar surface area (TPSA) is 43.2 Å². The lowest BCUT2D eigenvalue weighted by Gasteiger charge is -2.32. The lowest BCUT2D eigenvalue weighted by molar-refractivity contribution is 0.277. The first-order valence-electron chi connectivity index (χ1n) is 9.35. The van der Waals surface area contributed by atoms with Crippen molar-refractivity contribution in [1.82, 2.24) is 0 Å². The molecule has 0 aromatic heterocycles. The maximum absolute atomic E-state index is 5.89. The Morgan fingerprint density at radius 2 is 1.56 bits per heavy atom. The van der Waals surface area contributed by atoms with Gasteiger partial charge in [0, 0.05) is 0 Å². The van der Waals surface area contributed by atoms with Gasteiger partial charge in [-0.05, 0) is 25.8 Å². The molecule has 4 nitrogen and oxygen atoms in total. The second-order valence-corrected chi connectivity index (χ2v) is 12.2. The van der Waals surface area contributed by atoms with Gasteiger partial charge in [0.05, 0.1) is 21.3 Å². The van der Waals surface area contributed by atoms with Gasteiger partial charge in [0.15, 0.2) is 0 Å². The van der Waals surface area contributed by atoms with Crippen LogP contribution in [0, 0.1) is 5.92 Å². The van der Waals surface area contributed by atoms with Crippen molar-refractivity contribution in [2.45, 2.75) is 58.9 Å². The smallest absolute Gasteiger partial charge is 0.209 e. The first-order valence-corrected chi connectivity index (χ1v) is 12.6. The van der Waals surface area contributed by atoms with Crippen LogP contribution in [0.25, 0.3) is 0 Å². The summed E-state index contributed by atoms with van der Waals surface area (Å²) in [4.78, 5) is 9.85. The number of benzene rings is 1. The van der Waals surface area contributed by atoms with Gasteiger partial charge >= 0.3 is 0 Å². The number of ether oxygens (including phenoxy) is 2. The Kier molecular flexibility index (Phi) is 6.82. The first-order chi connectivity index (χ1) is 11.9. The molecular formula is C20H32N2O2Si. The molecule has 0 spiro atoms. The van der Waals surface area contributed by atoms with Crippen molar-refractivity contribution < 1.29 is 9.47 Å². The van der Waals surface area contributed by atoms with Crippen LogP contribution < -0.4 is 5.19 Å². The minimum absolute atomic E-state index is 0.0424. The lowest BCUT2D eigenvalue weighted by atomic mass is 10.0. The fraction of sp³-hybridized carbons (Fsp3) is 0.600. The molecule has 0 fully saturated rings. The molecule has 2 rings (SSSR count). The normalized spacial score (nSPS) is 20.9. The molecule has 1 aliphatic heterocycles. The van der Waals surface area contributed by atoms with Crippen molar-refractivity contribution in [3.05, 3.63) is 30.3 Å². The highest BCUT2D eigenvalue weighted by atomic mass is 28.3. The molecule has 25 heavy (non-hydrogen) atoms. The highest BCUT2D eigenvalue weighted by Gasteiger charge is 2.36. The summed E-state index contributed by atoms with van der Waals surface area (Å²) in [6.45, 7) is 14.3. The number of hydrogen-bond donors (Lipinski definition) is 0. The monoisotopic (exact) mass is 360 g/mol. The maximum atomic E-state index is 5.89. The maximum Gasteiger partial charge on any atom is 0.209 e. The number of rotatable bonds is 6. The van der Waals surface area contributed by atoms with Crippen molar-refractivity contribution in [3.8, 4) is 0 Å². The van der Waals surface area contributed by atoms with E-state index in [4.69, 9.17) is 19.5 Å². The molecule has 1 aromatic carbocycles. The molecule has 0 saturated heterocycles. The average Bonchev–Trinajstić information content (AvgIpc) is 2.57. The predicted octanol–water partition coefficient (Wildman–Crippen LogP) is 3.88. The summed E-state index contributed by atoms with van der Waals surface area (Å²) in [7, 11) is -1.66. The van der Waals surface area contributed by atoms with Crippen LogP contribution in [-0.4, -0.2) is 45.2 Å². The molecule has 2 atom stereocenters. The van der Waals surface area contributed by atoms with E-state index >= 15 is 0 Å². The van der Waals surface area contributed by atoms with Crippen LogP contribution in [0.4, 0.5) is 0 Å². The molecule has 0 aliphatic carbocycles. The minimum atomic E-state index is -1.66. The molecular weight excluding hydrogens is 328 g/mol. The van der Waals surface area contributed by atoms with Crippen molar-refractivity contribution in [1.29, 1.82) is 0 Å². The van der Waals surface area contributed by atoms with E-state index in [1.54, 1.807) is 0 Å². The van der Waals surface area contributed by atoms with E-state index in [0.29, 0.717) is 19.1 Å². The zero-order valence-electron chi connectivity index (χ0n) is 16.5. The van der Waals surface area contributed by atoms with E-state index in [0.717, 1.165) is 17.8 Å². The van der Waals surface area contributed by atoms with Crippen LogP contribution >= 0.6 is 0 Å². The summed E-state index contributed by atoms with van der Waals surface area (Å²) < 4.78 is 11.7. The van der Waals surface area contributed by atoms with Gasteiger partial charge in [-0.25, -0.2) is 9.98 Å². The van der Waals surface area contributed by atoms with E-state index in [2.05, 4.69) is 57.3 Å². The Morgan fingerprint density at radius 1 is 0.960 bits per heavy atom.